The highest BCUT2D eigenvalue weighted by Gasteiger charge is 2.27. The summed E-state index contributed by atoms with van der Waals surface area (Å²) in [6, 6.07) is 9.71. The number of ether oxygens (including phenoxy) is 2. The van der Waals surface area contributed by atoms with E-state index < -0.39 is 12.0 Å². The van der Waals surface area contributed by atoms with Crippen molar-refractivity contribution in [2.24, 2.45) is 0 Å². The summed E-state index contributed by atoms with van der Waals surface area (Å²) in [5.41, 5.74) is 1.45. The van der Waals surface area contributed by atoms with Gasteiger partial charge in [0.15, 0.2) is 0 Å². The normalized spacial score (nSPS) is 15.6. The first kappa shape index (κ1) is 19.8. The summed E-state index contributed by atoms with van der Waals surface area (Å²) in [7, 11) is 0. The quantitative estimate of drug-likeness (QED) is 0.704. The van der Waals surface area contributed by atoms with Crippen LogP contribution in [0.3, 0.4) is 0 Å². The Morgan fingerprint density at radius 2 is 1.82 bits per heavy atom. The monoisotopic (exact) mass is 385 g/mol. The Kier molecular flexibility index (Phi) is 6.94. The number of morpholine rings is 1. The Balaban J connectivity index is 1.51. The van der Waals surface area contributed by atoms with Crippen LogP contribution in [0.15, 0.2) is 48.8 Å². The third kappa shape index (κ3) is 5.51. The molecule has 28 heavy (non-hydrogen) atoms. The van der Waals surface area contributed by atoms with Crippen LogP contribution in [-0.4, -0.2) is 65.8 Å². The first-order chi connectivity index (χ1) is 13.6. The van der Waals surface area contributed by atoms with Crippen LogP contribution >= 0.6 is 0 Å². The van der Waals surface area contributed by atoms with Crippen LogP contribution in [0.4, 0.5) is 0 Å². The Morgan fingerprint density at radius 1 is 1.14 bits per heavy atom. The molecule has 2 aromatic rings. The zero-order valence-electron chi connectivity index (χ0n) is 15.4. The molecule has 1 aromatic heterocycles. The minimum absolute atomic E-state index is 0.0362. The molecule has 0 radical (unpaired) electrons. The number of carbonyl (C=O) groups is 2. The summed E-state index contributed by atoms with van der Waals surface area (Å²) in [6.45, 7) is 2.52. The van der Waals surface area contributed by atoms with E-state index in [4.69, 9.17) is 9.47 Å². The van der Waals surface area contributed by atoms with E-state index in [9.17, 15) is 14.7 Å². The van der Waals surface area contributed by atoms with E-state index in [-0.39, 0.29) is 12.5 Å². The van der Waals surface area contributed by atoms with E-state index in [1.54, 1.807) is 36.7 Å². The number of nitrogens with one attached hydrogen (secondary N) is 1. The molecule has 2 N–H and O–H groups in total. The lowest BCUT2D eigenvalue weighted by atomic mass is 10.2. The smallest absolute Gasteiger partial charge is 0.322 e. The second kappa shape index (κ2) is 9.82. The predicted octanol–water partition coefficient (Wildman–Crippen LogP) is 1.18. The Hall–Kier alpha value is -2.97. The molecular formula is C20H23N3O5. The number of hydrogen-bond acceptors (Lipinski definition) is 6. The average molecular weight is 385 g/mol. The molecule has 1 aliphatic rings. The van der Waals surface area contributed by atoms with Gasteiger partial charge in [0.1, 0.15) is 18.4 Å². The molecule has 1 fully saturated rings. The van der Waals surface area contributed by atoms with Gasteiger partial charge in [-0.2, -0.15) is 0 Å². The number of benzene rings is 1. The zero-order valence-corrected chi connectivity index (χ0v) is 15.4. The fraction of sp³-hybridized carbons (Fsp3) is 0.350. The molecule has 1 atom stereocenters. The van der Waals surface area contributed by atoms with Gasteiger partial charge in [0.25, 0.3) is 5.91 Å². The highest BCUT2D eigenvalue weighted by atomic mass is 16.5. The molecule has 0 aliphatic carbocycles. The number of aromatic nitrogens is 1. The lowest BCUT2D eigenvalue weighted by Gasteiger charge is -2.31. The third-order valence-electron chi connectivity index (χ3n) is 4.50. The lowest BCUT2D eigenvalue weighted by Crippen LogP contribution is -2.52. The lowest BCUT2D eigenvalue weighted by molar-refractivity contribution is -0.144. The second-order valence-corrected chi connectivity index (χ2v) is 6.38. The maximum atomic E-state index is 12.4. The van der Waals surface area contributed by atoms with E-state index in [2.05, 4.69) is 10.3 Å². The first-order valence-electron chi connectivity index (χ1n) is 9.08. The van der Waals surface area contributed by atoms with Gasteiger partial charge in [-0.3, -0.25) is 19.5 Å². The van der Waals surface area contributed by atoms with Crippen molar-refractivity contribution >= 4 is 11.9 Å². The Morgan fingerprint density at radius 3 is 2.46 bits per heavy atom. The number of amides is 1. The van der Waals surface area contributed by atoms with Gasteiger partial charge in [0.2, 0.25) is 0 Å². The van der Waals surface area contributed by atoms with Crippen molar-refractivity contribution in [1.29, 1.82) is 0 Å². The summed E-state index contributed by atoms with van der Waals surface area (Å²) in [6.07, 6.45) is 3.40. The van der Waals surface area contributed by atoms with Crippen molar-refractivity contribution in [2.75, 3.05) is 32.8 Å². The van der Waals surface area contributed by atoms with Crippen LogP contribution in [0.2, 0.25) is 0 Å². The second-order valence-electron chi connectivity index (χ2n) is 6.38. The molecule has 1 aromatic carbocycles. The number of carboxylic acids is 1. The van der Waals surface area contributed by atoms with Crippen LogP contribution in [0.1, 0.15) is 15.9 Å². The van der Waals surface area contributed by atoms with Gasteiger partial charge < -0.3 is 19.9 Å². The van der Waals surface area contributed by atoms with Gasteiger partial charge in [-0.25, -0.2) is 0 Å². The molecule has 1 saturated heterocycles. The summed E-state index contributed by atoms with van der Waals surface area (Å²) in [4.78, 5) is 29.6. The molecule has 0 saturated carbocycles. The van der Waals surface area contributed by atoms with E-state index >= 15 is 0 Å². The number of pyridine rings is 1. The fourth-order valence-electron chi connectivity index (χ4n) is 2.90. The summed E-state index contributed by atoms with van der Waals surface area (Å²) >= 11 is 0. The van der Waals surface area contributed by atoms with Gasteiger partial charge >= 0.3 is 5.97 Å². The number of rotatable bonds is 8. The fourth-order valence-corrected chi connectivity index (χ4v) is 2.90. The number of nitrogens with zero attached hydrogens (tertiary/aromatic N) is 2. The van der Waals surface area contributed by atoms with Crippen LogP contribution in [0.25, 0.3) is 0 Å². The Bertz CT molecular complexity index is 776. The van der Waals surface area contributed by atoms with Gasteiger partial charge in [0, 0.05) is 37.6 Å². The van der Waals surface area contributed by atoms with E-state index in [1.807, 2.05) is 17.0 Å². The van der Waals surface area contributed by atoms with Crippen LogP contribution in [0.5, 0.6) is 5.75 Å². The van der Waals surface area contributed by atoms with Crippen LogP contribution in [0, 0.1) is 0 Å². The maximum Gasteiger partial charge on any atom is 0.322 e. The highest BCUT2D eigenvalue weighted by Crippen LogP contribution is 2.14. The third-order valence-corrected chi connectivity index (χ3v) is 4.50. The maximum absolute atomic E-state index is 12.4. The SMILES string of the molecule is O=C(NCC(C(=O)O)N1CCOCC1)c1ccc(OCc2ccncc2)cc1. The van der Waals surface area contributed by atoms with Crippen molar-refractivity contribution in [3.63, 3.8) is 0 Å². The number of carbonyl (C=O) groups excluding carboxylic acids is 1. The van der Waals surface area contributed by atoms with Gasteiger partial charge in [-0.15, -0.1) is 0 Å². The van der Waals surface area contributed by atoms with Crippen molar-refractivity contribution in [3.05, 3.63) is 59.9 Å². The van der Waals surface area contributed by atoms with E-state index in [0.29, 0.717) is 44.2 Å². The largest absolute Gasteiger partial charge is 0.489 e. The molecular weight excluding hydrogens is 362 g/mol. The number of aliphatic carboxylic acids is 1. The van der Waals surface area contributed by atoms with Gasteiger partial charge in [-0.1, -0.05) is 0 Å². The molecule has 1 unspecified atom stereocenters. The first-order valence-corrected chi connectivity index (χ1v) is 9.08. The minimum atomic E-state index is -0.956. The van der Waals surface area contributed by atoms with Crippen molar-refractivity contribution in [1.82, 2.24) is 15.2 Å². The summed E-state index contributed by atoms with van der Waals surface area (Å²) in [5.74, 6) is -0.632. The molecule has 0 bridgehead atoms. The van der Waals surface area contributed by atoms with Crippen molar-refractivity contribution < 1.29 is 24.2 Å². The minimum Gasteiger partial charge on any atom is -0.489 e. The van der Waals surface area contributed by atoms with Crippen LogP contribution < -0.4 is 10.1 Å². The molecule has 148 valence electrons. The van der Waals surface area contributed by atoms with Gasteiger partial charge in [0.05, 0.1) is 13.2 Å². The van der Waals surface area contributed by atoms with Crippen LogP contribution in [-0.2, 0) is 16.1 Å². The van der Waals surface area contributed by atoms with Gasteiger partial charge in [-0.05, 0) is 42.0 Å². The topological polar surface area (TPSA) is 101 Å². The average Bonchev–Trinajstić information content (AvgIpc) is 2.74. The molecule has 1 amide bonds. The molecule has 8 nitrogen and oxygen atoms in total. The summed E-state index contributed by atoms with van der Waals surface area (Å²) < 4.78 is 10.9. The highest BCUT2D eigenvalue weighted by molar-refractivity contribution is 5.94. The number of hydrogen-bond donors (Lipinski definition) is 2. The molecule has 0 spiro atoms. The number of carboxylic acid groups (broad SMARTS) is 1. The van der Waals surface area contributed by atoms with Crippen molar-refractivity contribution in [2.45, 2.75) is 12.6 Å². The van der Waals surface area contributed by atoms with E-state index in [0.717, 1.165) is 5.56 Å². The molecule has 2 heterocycles. The Labute approximate surface area is 163 Å². The zero-order chi connectivity index (χ0) is 19.8. The molecule has 3 rings (SSSR count). The van der Waals surface area contributed by atoms with Crippen molar-refractivity contribution in [3.8, 4) is 5.75 Å². The standard InChI is InChI=1S/C20H23N3O5/c24-19(22-13-18(20(25)26)23-9-11-27-12-10-23)16-1-3-17(4-2-16)28-14-15-5-7-21-8-6-15/h1-8,18H,9-14H2,(H,22,24)(H,25,26). The van der Waals surface area contributed by atoms with E-state index in [1.165, 1.54) is 0 Å². The molecule has 1 aliphatic heterocycles. The summed E-state index contributed by atoms with van der Waals surface area (Å²) in [5, 5.41) is 12.1. The molecule has 8 heteroatoms. The predicted molar refractivity (Wildman–Crippen MR) is 101 cm³/mol.